The average molecular weight is 828 g/mol. The highest BCUT2D eigenvalue weighted by Crippen LogP contribution is 2.40. The molecule has 60 heavy (non-hydrogen) atoms. The van der Waals surface area contributed by atoms with Crippen molar-refractivity contribution in [2.45, 2.75) is 56.7 Å². The molecule has 0 spiro atoms. The summed E-state index contributed by atoms with van der Waals surface area (Å²) in [5, 5.41) is 4.96. The van der Waals surface area contributed by atoms with E-state index in [0.717, 1.165) is 90.9 Å². The molecule has 0 radical (unpaired) electrons. The van der Waals surface area contributed by atoms with E-state index in [0.29, 0.717) is 13.0 Å². The first-order valence-corrected chi connectivity index (χ1v) is 22.2. The van der Waals surface area contributed by atoms with Gasteiger partial charge in [0.2, 0.25) is 17.7 Å². The average Bonchev–Trinajstić information content (AvgIpc) is 4.14. The van der Waals surface area contributed by atoms with Gasteiger partial charge in [-0.05, 0) is 64.6 Å². The molecule has 2 saturated heterocycles. The van der Waals surface area contributed by atoms with E-state index >= 15 is 0 Å². The summed E-state index contributed by atoms with van der Waals surface area (Å²) in [5.74, 6) is -0.140. The van der Waals surface area contributed by atoms with Crippen molar-refractivity contribution < 1.29 is 14.4 Å². The molecule has 2 fully saturated rings. The number of thiazole rings is 2. The number of rotatable bonds is 12. The summed E-state index contributed by atoms with van der Waals surface area (Å²) in [4.78, 5) is 56.5. The number of nitrogens with one attached hydrogen (secondary N) is 1. The summed E-state index contributed by atoms with van der Waals surface area (Å²) in [6.45, 7) is 1.39. The molecular formula is C50H45N5O3S2. The van der Waals surface area contributed by atoms with Gasteiger partial charge < -0.3 is 15.1 Å². The predicted molar refractivity (Wildman–Crippen MR) is 239 cm³/mol. The van der Waals surface area contributed by atoms with E-state index in [1.807, 2.05) is 113 Å². The van der Waals surface area contributed by atoms with Gasteiger partial charge in [0.05, 0.1) is 34.7 Å². The molecule has 7 aromatic rings. The Morgan fingerprint density at radius 2 is 1.02 bits per heavy atom. The van der Waals surface area contributed by atoms with Crippen LogP contribution in [-0.4, -0.2) is 50.6 Å². The number of amides is 3. The molecular weight excluding hydrogens is 783 g/mol. The van der Waals surface area contributed by atoms with Crippen molar-refractivity contribution in [3.8, 4) is 32.0 Å². The lowest BCUT2D eigenvalue weighted by atomic mass is 10.0. The number of hydrogen-bond acceptors (Lipinski definition) is 7. The first kappa shape index (κ1) is 39.2. The first-order chi connectivity index (χ1) is 29.5. The second-order valence-corrected chi connectivity index (χ2v) is 17.6. The Kier molecular flexibility index (Phi) is 11.7. The van der Waals surface area contributed by atoms with Crippen molar-refractivity contribution in [1.82, 2.24) is 25.1 Å². The fourth-order valence-corrected chi connectivity index (χ4v) is 10.5. The zero-order valence-electron chi connectivity index (χ0n) is 33.2. The number of benzene rings is 5. The van der Waals surface area contributed by atoms with Crippen LogP contribution in [0.4, 0.5) is 0 Å². The maximum absolute atomic E-state index is 14.3. The van der Waals surface area contributed by atoms with E-state index in [4.69, 9.17) is 9.97 Å². The maximum atomic E-state index is 14.3. The lowest BCUT2D eigenvalue weighted by Gasteiger charge is -2.28. The Balaban J connectivity index is 0.849. The molecule has 0 unspecified atom stereocenters. The highest BCUT2D eigenvalue weighted by Gasteiger charge is 2.37. The highest BCUT2D eigenvalue weighted by molar-refractivity contribution is 7.15. The molecule has 3 atom stereocenters. The topological polar surface area (TPSA) is 95.5 Å². The molecule has 10 heteroatoms. The van der Waals surface area contributed by atoms with Crippen LogP contribution in [0, 0.1) is 0 Å². The highest BCUT2D eigenvalue weighted by atomic mass is 32.1. The number of likely N-dealkylation sites (tertiary alicyclic amines) is 2. The minimum Gasteiger partial charge on any atom is -0.340 e. The summed E-state index contributed by atoms with van der Waals surface area (Å²) < 4.78 is 0. The van der Waals surface area contributed by atoms with Gasteiger partial charge in [-0.3, -0.25) is 14.4 Å². The van der Waals surface area contributed by atoms with Crippen LogP contribution in [0.1, 0.15) is 70.5 Å². The van der Waals surface area contributed by atoms with Gasteiger partial charge in [0, 0.05) is 25.5 Å². The van der Waals surface area contributed by atoms with Crippen LogP contribution in [0.5, 0.6) is 0 Å². The maximum Gasteiger partial charge on any atom is 0.250 e. The lowest BCUT2D eigenvalue weighted by molar-refractivity contribution is -0.137. The molecule has 0 bridgehead atoms. The molecule has 5 aromatic carbocycles. The van der Waals surface area contributed by atoms with E-state index in [1.54, 1.807) is 22.7 Å². The fraction of sp³-hybridized carbons (Fsp3) is 0.220. The Morgan fingerprint density at radius 1 is 0.567 bits per heavy atom. The number of aromatic nitrogens is 2. The van der Waals surface area contributed by atoms with Crippen molar-refractivity contribution in [3.63, 3.8) is 0 Å². The number of carbonyl (C=O) groups is 3. The molecule has 9 rings (SSSR count). The zero-order chi connectivity index (χ0) is 40.8. The van der Waals surface area contributed by atoms with Gasteiger partial charge in [-0.15, -0.1) is 22.7 Å². The Hall–Kier alpha value is -6.23. The SMILES string of the molecule is O=C(Cc1ccccc1)N[C@H](C(=O)N1CCC[C@H]1c1ncc(-c2ccc(-c3ccc(-c4cnc([C@@H]5CCCN5C(=O)Cc5ccccc5)s4)cc3)cc2)s1)c1ccccc1. The minimum atomic E-state index is -0.784. The van der Waals surface area contributed by atoms with E-state index in [2.05, 4.69) is 53.8 Å². The Bertz CT molecular complexity index is 2560. The minimum absolute atomic E-state index is 0.0311. The standard InChI is InChI=1S/C50H45N5O3S2/c56-45(30-34-12-4-1-5-13-34)53-47(40-16-8-3-9-17-40)50(58)55-29-11-19-42(55)49-52-33-44(60-49)39-26-22-37(23-27-39)36-20-24-38(25-21-36)43-32-51-48(59-43)41-18-10-28-54(41)46(57)31-35-14-6-2-7-15-35/h1-9,12-17,20-27,32-33,41-42,47H,10-11,18-19,28-31H2,(H,53,56)/t41-,42-,47-/m0/s1. The van der Waals surface area contributed by atoms with Crippen molar-refractivity contribution in [2.75, 3.05) is 13.1 Å². The van der Waals surface area contributed by atoms with Crippen molar-refractivity contribution >= 4 is 40.4 Å². The monoisotopic (exact) mass is 827 g/mol. The summed E-state index contributed by atoms with van der Waals surface area (Å²) in [7, 11) is 0. The summed E-state index contributed by atoms with van der Waals surface area (Å²) in [6, 6.07) is 45.3. The summed E-state index contributed by atoms with van der Waals surface area (Å²) in [6.07, 6.45) is 8.10. The second kappa shape index (κ2) is 17.9. The van der Waals surface area contributed by atoms with Gasteiger partial charge >= 0.3 is 0 Å². The summed E-state index contributed by atoms with van der Waals surface area (Å²) >= 11 is 3.30. The number of hydrogen-bond donors (Lipinski definition) is 1. The predicted octanol–water partition coefficient (Wildman–Crippen LogP) is 10.3. The largest absolute Gasteiger partial charge is 0.340 e. The second-order valence-electron chi connectivity index (χ2n) is 15.5. The first-order valence-electron chi connectivity index (χ1n) is 20.6. The molecule has 1 N–H and O–H groups in total. The Labute approximate surface area is 358 Å². The molecule has 4 heterocycles. The van der Waals surface area contributed by atoms with Gasteiger partial charge in [-0.25, -0.2) is 9.97 Å². The Morgan fingerprint density at radius 3 is 1.55 bits per heavy atom. The van der Waals surface area contributed by atoms with E-state index < -0.39 is 6.04 Å². The van der Waals surface area contributed by atoms with Crippen LogP contribution in [-0.2, 0) is 27.2 Å². The third-order valence-corrected chi connectivity index (χ3v) is 13.8. The van der Waals surface area contributed by atoms with Crippen LogP contribution >= 0.6 is 22.7 Å². The molecule has 300 valence electrons. The molecule has 2 aromatic heterocycles. The summed E-state index contributed by atoms with van der Waals surface area (Å²) in [5.41, 5.74) is 7.13. The molecule has 3 amide bonds. The van der Waals surface area contributed by atoms with Gasteiger partial charge in [0.1, 0.15) is 16.1 Å². The van der Waals surface area contributed by atoms with Crippen LogP contribution in [0.2, 0.25) is 0 Å². The molecule has 0 saturated carbocycles. The normalized spacial score (nSPS) is 16.8. The van der Waals surface area contributed by atoms with Crippen LogP contribution < -0.4 is 5.32 Å². The molecule has 2 aliphatic rings. The number of nitrogens with zero attached hydrogens (tertiary/aromatic N) is 4. The van der Waals surface area contributed by atoms with Gasteiger partial charge in [-0.2, -0.15) is 0 Å². The van der Waals surface area contributed by atoms with E-state index in [9.17, 15) is 14.4 Å². The van der Waals surface area contributed by atoms with E-state index in [-0.39, 0.29) is 36.2 Å². The molecule has 8 nitrogen and oxygen atoms in total. The van der Waals surface area contributed by atoms with E-state index in [1.165, 1.54) is 0 Å². The lowest BCUT2D eigenvalue weighted by Crippen LogP contribution is -2.43. The van der Waals surface area contributed by atoms with Crippen molar-refractivity contribution in [3.05, 3.63) is 179 Å². The van der Waals surface area contributed by atoms with Crippen molar-refractivity contribution in [2.24, 2.45) is 0 Å². The van der Waals surface area contributed by atoms with Gasteiger partial charge in [0.15, 0.2) is 0 Å². The van der Waals surface area contributed by atoms with Crippen LogP contribution in [0.15, 0.2) is 152 Å². The number of carbonyl (C=O) groups excluding carboxylic acids is 3. The van der Waals surface area contributed by atoms with Crippen molar-refractivity contribution in [1.29, 1.82) is 0 Å². The smallest absolute Gasteiger partial charge is 0.250 e. The quantitative estimate of drug-likeness (QED) is 0.132. The van der Waals surface area contributed by atoms with Gasteiger partial charge in [-0.1, -0.05) is 140 Å². The molecule has 2 aliphatic heterocycles. The fourth-order valence-electron chi connectivity index (χ4n) is 8.38. The zero-order valence-corrected chi connectivity index (χ0v) is 34.8. The van der Waals surface area contributed by atoms with Crippen LogP contribution in [0.3, 0.4) is 0 Å². The van der Waals surface area contributed by atoms with Gasteiger partial charge in [0.25, 0.3) is 0 Å². The van der Waals surface area contributed by atoms with Crippen LogP contribution in [0.25, 0.3) is 32.0 Å². The third-order valence-electron chi connectivity index (χ3n) is 11.5. The third kappa shape index (κ3) is 8.71. The molecule has 0 aliphatic carbocycles.